The van der Waals surface area contributed by atoms with Gasteiger partial charge in [-0.05, 0) is 6.42 Å². The highest BCUT2D eigenvalue weighted by Crippen LogP contribution is 2.37. The second-order valence-electron chi connectivity index (χ2n) is 7.92. The molecule has 0 aromatic rings. The fraction of sp³-hybridized carbons (Fsp3) is 1.00. The van der Waals surface area contributed by atoms with Gasteiger partial charge in [-0.1, -0.05) is 77.6 Å². The molecule has 0 bridgehead atoms. The van der Waals surface area contributed by atoms with Crippen LogP contribution in [0, 0.1) is 0 Å². The lowest BCUT2D eigenvalue weighted by Crippen LogP contribution is -2.45. The van der Waals surface area contributed by atoms with Crippen LogP contribution < -0.4 is 0 Å². The predicted molar refractivity (Wildman–Crippen MR) is 105 cm³/mol. The highest BCUT2D eigenvalue weighted by Gasteiger charge is 2.56. The largest absolute Gasteiger partial charge is 0.394 e. The van der Waals surface area contributed by atoms with Crippen molar-refractivity contribution in [2.45, 2.75) is 121 Å². The van der Waals surface area contributed by atoms with Crippen molar-refractivity contribution in [2.24, 2.45) is 0 Å². The zero-order valence-electron chi connectivity index (χ0n) is 17.3. The second kappa shape index (κ2) is 13.9. The quantitative estimate of drug-likeness (QED) is 0.303. The summed E-state index contributed by atoms with van der Waals surface area (Å²) >= 11 is 0. The summed E-state index contributed by atoms with van der Waals surface area (Å²) in [6.07, 6.45) is 10.5. The number of hydrogen-bond acceptors (Lipinski definition) is 6. The van der Waals surface area contributed by atoms with Gasteiger partial charge in [-0.3, -0.25) is 0 Å². The van der Waals surface area contributed by atoms with Crippen LogP contribution in [-0.4, -0.2) is 64.3 Å². The van der Waals surface area contributed by atoms with E-state index in [1.54, 1.807) is 0 Å². The molecule has 1 aliphatic rings. The third kappa shape index (κ3) is 7.95. The van der Waals surface area contributed by atoms with Gasteiger partial charge in [-0.2, -0.15) is 0 Å². The summed E-state index contributed by atoms with van der Waals surface area (Å²) in [4.78, 5) is 0. The van der Waals surface area contributed by atoms with Crippen molar-refractivity contribution in [3.8, 4) is 0 Å². The fourth-order valence-corrected chi connectivity index (χ4v) is 3.91. The molecule has 1 fully saturated rings. The van der Waals surface area contributed by atoms with E-state index in [4.69, 9.17) is 14.6 Å². The van der Waals surface area contributed by atoms with E-state index in [-0.39, 0.29) is 0 Å². The van der Waals surface area contributed by atoms with Gasteiger partial charge < -0.3 is 29.9 Å². The molecule has 6 nitrogen and oxygen atoms in total. The monoisotopic (exact) mass is 390 g/mol. The van der Waals surface area contributed by atoms with Crippen molar-refractivity contribution >= 4 is 0 Å². The second-order valence-corrected chi connectivity index (χ2v) is 7.92. The first-order valence-corrected chi connectivity index (χ1v) is 10.9. The Labute approximate surface area is 164 Å². The van der Waals surface area contributed by atoms with Crippen molar-refractivity contribution in [3.05, 3.63) is 0 Å². The van der Waals surface area contributed by atoms with Gasteiger partial charge >= 0.3 is 0 Å². The number of ether oxygens (including phenoxy) is 2. The van der Waals surface area contributed by atoms with Crippen LogP contribution >= 0.6 is 0 Å². The normalized spacial score (nSPS) is 29.3. The van der Waals surface area contributed by atoms with E-state index in [9.17, 15) is 15.3 Å². The third-order valence-corrected chi connectivity index (χ3v) is 5.74. The van der Waals surface area contributed by atoms with Crippen LogP contribution in [0.5, 0.6) is 0 Å². The smallest absolute Gasteiger partial charge is 0.197 e. The van der Waals surface area contributed by atoms with Crippen LogP contribution in [0.15, 0.2) is 0 Å². The van der Waals surface area contributed by atoms with Gasteiger partial charge in [0.15, 0.2) is 5.79 Å². The molecule has 0 saturated carbocycles. The lowest BCUT2D eigenvalue weighted by Gasteiger charge is -2.31. The van der Waals surface area contributed by atoms with Crippen molar-refractivity contribution in [2.75, 3.05) is 13.7 Å². The van der Waals surface area contributed by atoms with Crippen LogP contribution in [0.1, 0.15) is 90.4 Å². The Hall–Kier alpha value is -0.240. The molecule has 0 spiro atoms. The fourth-order valence-electron chi connectivity index (χ4n) is 3.91. The number of rotatable bonds is 16. The van der Waals surface area contributed by atoms with Crippen LogP contribution in [0.2, 0.25) is 0 Å². The summed E-state index contributed by atoms with van der Waals surface area (Å²) in [5, 5.41) is 39.2. The minimum absolute atomic E-state index is 0.452. The highest BCUT2D eigenvalue weighted by molar-refractivity contribution is 4.98. The van der Waals surface area contributed by atoms with Crippen molar-refractivity contribution < 1.29 is 29.9 Å². The third-order valence-electron chi connectivity index (χ3n) is 5.74. The van der Waals surface area contributed by atoms with Crippen LogP contribution in [0.3, 0.4) is 0 Å². The van der Waals surface area contributed by atoms with Crippen LogP contribution in [-0.2, 0) is 9.47 Å². The van der Waals surface area contributed by atoms with Gasteiger partial charge in [0.25, 0.3) is 0 Å². The molecular formula is C21H42O6. The maximum atomic E-state index is 10.3. The van der Waals surface area contributed by atoms with Crippen LogP contribution in [0.4, 0.5) is 0 Å². The number of aliphatic hydroxyl groups excluding tert-OH is 4. The van der Waals surface area contributed by atoms with Crippen molar-refractivity contribution in [1.29, 1.82) is 0 Å². The molecule has 4 N–H and O–H groups in total. The molecule has 0 aromatic carbocycles. The highest BCUT2D eigenvalue weighted by atomic mass is 16.7. The topological polar surface area (TPSA) is 99.4 Å². The number of methoxy groups -OCH3 is 1. The molecule has 27 heavy (non-hydrogen) atoms. The molecular weight excluding hydrogens is 348 g/mol. The van der Waals surface area contributed by atoms with E-state index in [2.05, 4.69) is 6.92 Å². The Balaban J connectivity index is 2.15. The number of aliphatic hydroxyl groups is 4. The Morgan fingerprint density at radius 3 is 1.81 bits per heavy atom. The van der Waals surface area contributed by atoms with E-state index in [1.165, 1.54) is 64.9 Å². The molecule has 1 rings (SSSR count). The zero-order chi connectivity index (χ0) is 20.1. The van der Waals surface area contributed by atoms with Gasteiger partial charge in [0.1, 0.15) is 24.4 Å². The average molecular weight is 391 g/mol. The van der Waals surface area contributed by atoms with E-state index in [0.717, 1.165) is 19.3 Å². The Bertz CT molecular complexity index is 367. The van der Waals surface area contributed by atoms with E-state index < -0.39 is 36.8 Å². The standard InChI is InChI=1S/C21H42O6/c1-3-4-5-6-7-8-9-10-11-12-13-14-15-21(26-2)20(25)18(24)19(27-21)17(23)16-22/h17-20,22-25H,3-16H2,1-2H3/t17-,18+,19-,20-,21-/m1/s1. The predicted octanol–water partition coefficient (Wildman–Crippen LogP) is 2.89. The molecule has 1 saturated heterocycles. The van der Waals surface area contributed by atoms with Crippen molar-refractivity contribution in [1.82, 2.24) is 0 Å². The maximum absolute atomic E-state index is 10.3. The minimum atomic E-state index is -1.31. The van der Waals surface area contributed by atoms with Gasteiger partial charge in [-0.15, -0.1) is 0 Å². The summed E-state index contributed by atoms with van der Waals surface area (Å²) in [6, 6.07) is 0. The SMILES string of the molecule is CCCCCCCCCCCCCC[C@@]1(OC)O[C@H]([C@H](O)CO)[C@H](O)[C@H]1O. The molecule has 0 aliphatic carbocycles. The average Bonchev–Trinajstić information content (AvgIpc) is 2.94. The van der Waals surface area contributed by atoms with Crippen LogP contribution in [0.25, 0.3) is 0 Å². The summed E-state index contributed by atoms with van der Waals surface area (Å²) in [5.74, 6) is -1.31. The minimum Gasteiger partial charge on any atom is -0.394 e. The molecule has 0 unspecified atom stereocenters. The van der Waals surface area contributed by atoms with Gasteiger partial charge in [0.2, 0.25) is 0 Å². The first-order chi connectivity index (χ1) is 13.0. The summed E-state index contributed by atoms with van der Waals surface area (Å²) in [6.45, 7) is 1.71. The molecule has 0 aromatic heterocycles. The molecule has 162 valence electrons. The van der Waals surface area contributed by atoms with E-state index >= 15 is 0 Å². The molecule has 0 amide bonds. The zero-order valence-corrected chi connectivity index (χ0v) is 17.3. The summed E-state index contributed by atoms with van der Waals surface area (Å²) in [5.41, 5.74) is 0. The van der Waals surface area contributed by atoms with E-state index in [0.29, 0.717) is 6.42 Å². The first kappa shape index (κ1) is 24.8. The van der Waals surface area contributed by atoms with E-state index in [1.807, 2.05) is 0 Å². The number of hydrogen-bond donors (Lipinski definition) is 4. The Kier molecular flexibility index (Phi) is 12.7. The molecule has 5 atom stereocenters. The Morgan fingerprint density at radius 1 is 0.889 bits per heavy atom. The number of unbranched alkanes of at least 4 members (excludes halogenated alkanes) is 11. The first-order valence-electron chi connectivity index (χ1n) is 10.9. The molecule has 6 heteroatoms. The Morgan fingerprint density at radius 2 is 1.37 bits per heavy atom. The maximum Gasteiger partial charge on any atom is 0.197 e. The van der Waals surface area contributed by atoms with Gasteiger partial charge in [0.05, 0.1) is 6.61 Å². The van der Waals surface area contributed by atoms with Gasteiger partial charge in [-0.25, -0.2) is 0 Å². The summed E-state index contributed by atoms with van der Waals surface area (Å²) in [7, 11) is 1.43. The lowest BCUT2D eigenvalue weighted by atomic mass is 9.97. The lowest BCUT2D eigenvalue weighted by molar-refractivity contribution is -0.257. The molecule has 0 radical (unpaired) electrons. The van der Waals surface area contributed by atoms with Gasteiger partial charge in [0, 0.05) is 13.5 Å². The summed E-state index contributed by atoms with van der Waals surface area (Å²) < 4.78 is 11.0. The molecule has 1 heterocycles. The molecule has 1 aliphatic heterocycles. The van der Waals surface area contributed by atoms with Crippen molar-refractivity contribution in [3.63, 3.8) is 0 Å².